The Kier molecular flexibility index (Phi) is 4.09. The van der Waals surface area contributed by atoms with Gasteiger partial charge in [-0.2, -0.15) is 4.31 Å². The Labute approximate surface area is 117 Å². The first kappa shape index (κ1) is 14.5. The van der Waals surface area contributed by atoms with Crippen LogP contribution in [0.5, 0.6) is 0 Å². The van der Waals surface area contributed by atoms with Crippen LogP contribution < -0.4 is 5.73 Å². The molecule has 1 aromatic heterocycles. The van der Waals surface area contributed by atoms with Crippen LogP contribution in [-0.4, -0.2) is 62.0 Å². The Balaban J connectivity index is 2.14. The van der Waals surface area contributed by atoms with Crippen LogP contribution in [0.1, 0.15) is 0 Å². The van der Waals surface area contributed by atoms with Gasteiger partial charge in [0.25, 0.3) is 0 Å². The topological polar surface area (TPSA) is 106 Å². The van der Waals surface area contributed by atoms with Crippen molar-refractivity contribution in [2.24, 2.45) is 0 Å². The molecule has 1 aromatic rings. The van der Waals surface area contributed by atoms with Crippen molar-refractivity contribution in [2.75, 3.05) is 39.0 Å². The van der Waals surface area contributed by atoms with E-state index in [1.807, 2.05) is 0 Å². The molecule has 110 valence electrons. The number of nitrogens with zero attached hydrogens (tertiary/aromatic N) is 3. The third-order valence-corrected chi connectivity index (χ3v) is 5.04. The lowest BCUT2D eigenvalue weighted by Crippen LogP contribution is -2.50. The van der Waals surface area contributed by atoms with E-state index in [4.69, 9.17) is 5.73 Å². The molecule has 20 heavy (non-hydrogen) atoms. The van der Waals surface area contributed by atoms with Crippen molar-refractivity contribution in [3.63, 3.8) is 0 Å². The number of pyridine rings is 1. The highest BCUT2D eigenvalue weighted by Crippen LogP contribution is 2.21. The molecule has 0 saturated carbocycles. The molecule has 1 aliphatic heterocycles. The van der Waals surface area contributed by atoms with E-state index in [-0.39, 0.29) is 36.9 Å². The number of nitrogens with two attached hydrogens (primary N) is 1. The van der Waals surface area contributed by atoms with Gasteiger partial charge in [0.1, 0.15) is 10.7 Å². The fourth-order valence-corrected chi connectivity index (χ4v) is 3.49. The Morgan fingerprint density at radius 3 is 2.55 bits per heavy atom. The van der Waals surface area contributed by atoms with Crippen LogP contribution in [0.2, 0.25) is 0 Å². The Morgan fingerprint density at radius 2 is 2.00 bits per heavy atom. The molecule has 0 aliphatic carbocycles. The van der Waals surface area contributed by atoms with E-state index < -0.39 is 16.1 Å². The van der Waals surface area contributed by atoms with E-state index in [0.717, 1.165) is 0 Å². The first-order chi connectivity index (χ1) is 9.46. The summed E-state index contributed by atoms with van der Waals surface area (Å²) in [6, 6.07) is 2.94. The van der Waals surface area contributed by atoms with E-state index >= 15 is 0 Å². The molecule has 1 saturated heterocycles. The summed E-state index contributed by atoms with van der Waals surface area (Å²) < 4.78 is 30.7. The number of carbonyl (C=O) groups excluding carboxylic acids is 1. The quantitative estimate of drug-likeness (QED) is 0.806. The lowest BCUT2D eigenvalue weighted by Gasteiger charge is -2.33. The second kappa shape index (κ2) is 5.63. The molecule has 9 heteroatoms. The zero-order chi connectivity index (χ0) is 14.8. The highest BCUT2D eigenvalue weighted by Gasteiger charge is 2.31. The summed E-state index contributed by atoms with van der Waals surface area (Å²) in [5.41, 5.74) is 5.61. The number of hydrogen-bond acceptors (Lipinski definition) is 6. The van der Waals surface area contributed by atoms with Gasteiger partial charge in [-0.05, 0) is 12.1 Å². The number of nitrogen functional groups attached to an aromatic ring is 1. The molecule has 0 aromatic carbocycles. The van der Waals surface area contributed by atoms with Gasteiger partial charge in [-0.15, -0.1) is 0 Å². The van der Waals surface area contributed by atoms with E-state index in [1.165, 1.54) is 34.6 Å². The molecule has 0 spiro atoms. The lowest BCUT2D eigenvalue weighted by atomic mass is 10.4. The smallest absolute Gasteiger partial charge is 0.409 e. The third-order valence-electron chi connectivity index (χ3n) is 3.09. The van der Waals surface area contributed by atoms with Gasteiger partial charge in [0.05, 0.1) is 7.11 Å². The van der Waals surface area contributed by atoms with Gasteiger partial charge < -0.3 is 15.4 Å². The summed E-state index contributed by atoms with van der Waals surface area (Å²) in [7, 11) is -2.39. The largest absolute Gasteiger partial charge is 0.453 e. The molecule has 8 nitrogen and oxygen atoms in total. The van der Waals surface area contributed by atoms with Gasteiger partial charge in [-0.1, -0.05) is 0 Å². The van der Waals surface area contributed by atoms with Crippen molar-refractivity contribution >= 4 is 21.9 Å². The van der Waals surface area contributed by atoms with Crippen LogP contribution in [0.25, 0.3) is 0 Å². The number of rotatable bonds is 2. The van der Waals surface area contributed by atoms with Crippen LogP contribution in [0, 0.1) is 0 Å². The second-order valence-corrected chi connectivity index (χ2v) is 6.15. The number of hydrogen-bond donors (Lipinski definition) is 1. The minimum absolute atomic E-state index is 0.00785. The van der Waals surface area contributed by atoms with Crippen molar-refractivity contribution in [1.82, 2.24) is 14.2 Å². The maximum atomic E-state index is 12.4. The summed E-state index contributed by atoms with van der Waals surface area (Å²) in [5.74, 6) is -0.0251. The predicted octanol–water partition coefficient (Wildman–Crippen LogP) is -0.263. The standard InChI is InChI=1S/C11H16N4O4S/c1-19-11(16)14-5-7-15(8-6-14)20(17,18)9-3-2-4-13-10(9)12/h2-4H,5-8H2,1H3,(H2,12,13). The monoisotopic (exact) mass is 300 g/mol. The van der Waals surface area contributed by atoms with Crippen molar-refractivity contribution in [3.8, 4) is 0 Å². The van der Waals surface area contributed by atoms with Crippen LogP contribution in [0.3, 0.4) is 0 Å². The second-order valence-electron chi connectivity index (χ2n) is 4.25. The molecule has 0 atom stereocenters. The van der Waals surface area contributed by atoms with Crippen LogP contribution in [0.4, 0.5) is 10.6 Å². The van der Waals surface area contributed by atoms with E-state index in [9.17, 15) is 13.2 Å². The highest BCUT2D eigenvalue weighted by molar-refractivity contribution is 7.89. The third kappa shape index (κ3) is 2.68. The number of piperazine rings is 1. The Bertz CT molecular complexity index is 596. The average Bonchev–Trinajstić information content (AvgIpc) is 2.47. The zero-order valence-corrected chi connectivity index (χ0v) is 11.8. The number of anilines is 1. The Morgan fingerprint density at radius 1 is 1.35 bits per heavy atom. The summed E-state index contributed by atoms with van der Waals surface area (Å²) in [6.07, 6.45) is 0.978. The van der Waals surface area contributed by atoms with E-state index in [2.05, 4.69) is 9.72 Å². The van der Waals surface area contributed by atoms with Gasteiger partial charge in [0.2, 0.25) is 10.0 Å². The van der Waals surface area contributed by atoms with Crippen LogP contribution in [-0.2, 0) is 14.8 Å². The lowest BCUT2D eigenvalue weighted by molar-refractivity contribution is 0.108. The van der Waals surface area contributed by atoms with Gasteiger partial charge >= 0.3 is 6.09 Å². The number of amides is 1. The number of ether oxygens (including phenoxy) is 1. The zero-order valence-electron chi connectivity index (χ0n) is 11.0. The fraction of sp³-hybridized carbons (Fsp3) is 0.455. The maximum absolute atomic E-state index is 12.4. The molecule has 1 aliphatic rings. The Hall–Kier alpha value is -1.87. The summed E-state index contributed by atoms with van der Waals surface area (Å²) in [6.45, 7) is 0.968. The molecule has 1 fully saturated rings. The van der Waals surface area contributed by atoms with Crippen molar-refractivity contribution in [3.05, 3.63) is 18.3 Å². The number of sulfonamides is 1. The molecular weight excluding hydrogens is 284 g/mol. The molecule has 2 rings (SSSR count). The molecular formula is C11H16N4O4S. The maximum Gasteiger partial charge on any atom is 0.409 e. The van der Waals surface area contributed by atoms with Crippen molar-refractivity contribution in [2.45, 2.75) is 4.90 Å². The first-order valence-corrected chi connectivity index (χ1v) is 7.44. The van der Waals surface area contributed by atoms with E-state index in [0.29, 0.717) is 0 Å². The van der Waals surface area contributed by atoms with Crippen LogP contribution >= 0.6 is 0 Å². The van der Waals surface area contributed by atoms with E-state index in [1.54, 1.807) is 0 Å². The van der Waals surface area contributed by atoms with Crippen LogP contribution in [0.15, 0.2) is 23.2 Å². The minimum atomic E-state index is -3.68. The van der Waals surface area contributed by atoms with Gasteiger partial charge in [0, 0.05) is 32.4 Å². The molecule has 2 heterocycles. The van der Waals surface area contributed by atoms with Gasteiger partial charge in [-0.3, -0.25) is 0 Å². The molecule has 2 N–H and O–H groups in total. The molecule has 0 unspecified atom stereocenters. The number of carbonyl (C=O) groups is 1. The average molecular weight is 300 g/mol. The SMILES string of the molecule is COC(=O)N1CCN(S(=O)(=O)c2cccnc2N)CC1. The first-order valence-electron chi connectivity index (χ1n) is 6.00. The normalized spacial score (nSPS) is 16.9. The van der Waals surface area contributed by atoms with Gasteiger partial charge in [-0.25, -0.2) is 18.2 Å². The van der Waals surface area contributed by atoms with Crippen molar-refractivity contribution in [1.29, 1.82) is 0 Å². The van der Waals surface area contributed by atoms with Crippen molar-refractivity contribution < 1.29 is 17.9 Å². The molecule has 1 amide bonds. The highest BCUT2D eigenvalue weighted by atomic mass is 32.2. The summed E-state index contributed by atoms with van der Waals surface area (Å²) in [5, 5.41) is 0. The molecule has 0 bridgehead atoms. The minimum Gasteiger partial charge on any atom is -0.453 e. The summed E-state index contributed by atoms with van der Waals surface area (Å²) in [4.78, 5) is 16.6. The van der Waals surface area contributed by atoms with Gasteiger partial charge in [0.15, 0.2) is 0 Å². The molecule has 0 radical (unpaired) electrons. The number of methoxy groups -OCH3 is 1. The fourth-order valence-electron chi connectivity index (χ4n) is 2.00. The summed E-state index contributed by atoms with van der Waals surface area (Å²) >= 11 is 0. The predicted molar refractivity (Wildman–Crippen MR) is 71.4 cm³/mol. The number of aromatic nitrogens is 1.